The molecule has 0 heterocycles. The van der Waals surface area contributed by atoms with Crippen molar-refractivity contribution in [2.75, 3.05) is 7.11 Å². The number of carboxylic acids is 1. The molecule has 0 saturated carbocycles. The maximum atomic E-state index is 12.3. The van der Waals surface area contributed by atoms with Gasteiger partial charge < -0.3 is 9.84 Å². The van der Waals surface area contributed by atoms with E-state index in [-0.39, 0.29) is 4.90 Å². The molecule has 1 atom stereocenters. The minimum Gasteiger partial charge on any atom is -0.497 e. The Bertz CT molecular complexity index is 741. The molecule has 116 valence electrons. The van der Waals surface area contributed by atoms with E-state index < -0.39 is 22.0 Å². The zero-order chi connectivity index (χ0) is 16.2. The lowest BCUT2D eigenvalue weighted by molar-refractivity contribution is -0.139. The van der Waals surface area contributed by atoms with Crippen LogP contribution in [0.5, 0.6) is 5.75 Å². The Morgan fingerprint density at radius 1 is 1.09 bits per heavy atom. The number of carboxylic acid groups (broad SMARTS) is 1. The zero-order valence-electron chi connectivity index (χ0n) is 11.8. The number of nitrogens with one attached hydrogen (secondary N) is 1. The largest absolute Gasteiger partial charge is 0.497 e. The summed E-state index contributed by atoms with van der Waals surface area (Å²) in [7, 11) is -2.49. The van der Waals surface area contributed by atoms with Crippen LogP contribution in [0, 0.1) is 0 Å². The predicted octanol–water partition coefficient (Wildman–Crippen LogP) is 1.80. The van der Waals surface area contributed by atoms with Crippen molar-refractivity contribution < 1.29 is 23.1 Å². The molecule has 0 aliphatic rings. The molecule has 22 heavy (non-hydrogen) atoms. The monoisotopic (exact) mass is 321 g/mol. The van der Waals surface area contributed by atoms with E-state index in [1.165, 1.54) is 31.4 Å². The first kappa shape index (κ1) is 16.0. The average molecular weight is 321 g/mol. The van der Waals surface area contributed by atoms with Gasteiger partial charge in [0.05, 0.1) is 12.0 Å². The Kier molecular flexibility index (Phi) is 4.79. The van der Waals surface area contributed by atoms with E-state index >= 15 is 0 Å². The lowest BCUT2D eigenvalue weighted by Crippen LogP contribution is -2.33. The van der Waals surface area contributed by atoms with Crippen LogP contribution >= 0.6 is 0 Å². The smallest absolute Gasteiger partial charge is 0.326 e. The van der Waals surface area contributed by atoms with E-state index in [9.17, 15) is 18.3 Å². The van der Waals surface area contributed by atoms with Crippen molar-refractivity contribution in [3.05, 3.63) is 60.2 Å². The first-order valence-electron chi connectivity index (χ1n) is 6.38. The molecule has 2 aromatic rings. The molecule has 0 radical (unpaired) electrons. The van der Waals surface area contributed by atoms with Crippen LogP contribution in [-0.4, -0.2) is 26.6 Å². The highest BCUT2D eigenvalue weighted by Crippen LogP contribution is 2.19. The third kappa shape index (κ3) is 3.63. The number of hydrogen-bond acceptors (Lipinski definition) is 4. The summed E-state index contributed by atoms with van der Waals surface area (Å²) in [5.74, 6) is -0.764. The minimum absolute atomic E-state index is 0.0320. The van der Waals surface area contributed by atoms with Gasteiger partial charge in [0.25, 0.3) is 0 Å². The van der Waals surface area contributed by atoms with Crippen molar-refractivity contribution in [3.63, 3.8) is 0 Å². The van der Waals surface area contributed by atoms with Crippen LogP contribution in [0.3, 0.4) is 0 Å². The van der Waals surface area contributed by atoms with E-state index in [1.807, 2.05) is 0 Å². The van der Waals surface area contributed by atoms with Crippen LogP contribution in [0.2, 0.25) is 0 Å². The Hall–Kier alpha value is -2.38. The van der Waals surface area contributed by atoms with Crippen molar-refractivity contribution in [1.82, 2.24) is 4.72 Å². The SMILES string of the molecule is COc1ccc(S(=O)(=O)N[C@H](C(=O)O)c2ccccc2)cc1. The van der Waals surface area contributed by atoms with Gasteiger partial charge in [-0.1, -0.05) is 30.3 Å². The number of carbonyl (C=O) groups is 1. The highest BCUT2D eigenvalue weighted by atomic mass is 32.2. The number of hydrogen-bond donors (Lipinski definition) is 2. The summed E-state index contributed by atoms with van der Waals surface area (Å²) in [6.07, 6.45) is 0. The molecule has 0 aromatic heterocycles. The highest BCUT2D eigenvalue weighted by Gasteiger charge is 2.26. The Labute approximate surface area is 128 Å². The van der Waals surface area contributed by atoms with Crippen molar-refractivity contribution in [2.45, 2.75) is 10.9 Å². The second-order valence-electron chi connectivity index (χ2n) is 4.48. The molecule has 0 aliphatic carbocycles. The fourth-order valence-corrected chi connectivity index (χ4v) is 3.06. The van der Waals surface area contributed by atoms with Crippen LogP contribution in [0.15, 0.2) is 59.5 Å². The number of aliphatic carboxylic acids is 1. The Morgan fingerprint density at radius 2 is 1.68 bits per heavy atom. The lowest BCUT2D eigenvalue weighted by atomic mass is 10.1. The molecule has 0 unspecified atom stereocenters. The van der Waals surface area contributed by atoms with Gasteiger partial charge in [-0.3, -0.25) is 4.79 Å². The molecule has 0 amide bonds. The molecule has 2 N–H and O–H groups in total. The van der Waals surface area contributed by atoms with Crippen LogP contribution in [0.25, 0.3) is 0 Å². The van der Waals surface area contributed by atoms with Crippen molar-refractivity contribution >= 4 is 16.0 Å². The molecule has 7 heteroatoms. The summed E-state index contributed by atoms with van der Waals surface area (Å²) in [6.45, 7) is 0. The summed E-state index contributed by atoms with van der Waals surface area (Å²) in [5.41, 5.74) is 0.354. The van der Waals surface area contributed by atoms with Crippen LogP contribution < -0.4 is 9.46 Å². The van der Waals surface area contributed by atoms with Gasteiger partial charge in [-0.2, -0.15) is 4.72 Å². The molecule has 0 spiro atoms. The first-order valence-corrected chi connectivity index (χ1v) is 7.86. The molecule has 0 fully saturated rings. The summed E-state index contributed by atoms with van der Waals surface area (Å²) in [5, 5.41) is 9.27. The minimum atomic E-state index is -3.96. The van der Waals surface area contributed by atoms with E-state index in [0.29, 0.717) is 11.3 Å². The van der Waals surface area contributed by atoms with Gasteiger partial charge in [0.15, 0.2) is 0 Å². The molecular weight excluding hydrogens is 306 g/mol. The number of methoxy groups -OCH3 is 1. The maximum Gasteiger partial charge on any atom is 0.326 e. The molecule has 0 saturated heterocycles. The van der Waals surface area contributed by atoms with E-state index in [2.05, 4.69) is 4.72 Å². The third-order valence-electron chi connectivity index (χ3n) is 3.02. The molecule has 6 nitrogen and oxygen atoms in total. The standard InChI is InChI=1S/C15H15NO5S/c1-21-12-7-9-13(10-8-12)22(19,20)16-14(15(17)18)11-5-3-2-4-6-11/h2-10,14,16H,1H3,(H,17,18)/t14-/m0/s1. The third-order valence-corrected chi connectivity index (χ3v) is 4.46. The predicted molar refractivity (Wildman–Crippen MR) is 80.1 cm³/mol. The summed E-state index contributed by atoms with van der Waals surface area (Å²) in [6, 6.07) is 12.5. The van der Waals surface area contributed by atoms with Gasteiger partial charge in [-0.15, -0.1) is 0 Å². The number of benzene rings is 2. The van der Waals surface area contributed by atoms with Crippen molar-refractivity contribution in [2.24, 2.45) is 0 Å². The van der Waals surface area contributed by atoms with Gasteiger partial charge in [0.1, 0.15) is 11.8 Å². The maximum absolute atomic E-state index is 12.3. The first-order chi connectivity index (χ1) is 10.4. The van der Waals surface area contributed by atoms with E-state index in [0.717, 1.165) is 0 Å². The number of rotatable bonds is 6. The van der Waals surface area contributed by atoms with Crippen molar-refractivity contribution in [3.8, 4) is 5.75 Å². The number of sulfonamides is 1. The molecule has 2 rings (SSSR count). The van der Waals surface area contributed by atoms with Crippen molar-refractivity contribution in [1.29, 1.82) is 0 Å². The van der Waals surface area contributed by atoms with Gasteiger partial charge in [-0.25, -0.2) is 8.42 Å². The van der Waals surface area contributed by atoms with Gasteiger partial charge in [-0.05, 0) is 29.8 Å². The molecule has 0 bridgehead atoms. The van der Waals surface area contributed by atoms with Crippen LogP contribution in [-0.2, 0) is 14.8 Å². The fourth-order valence-electron chi connectivity index (χ4n) is 1.88. The summed E-state index contributed by atoms with van der Waals surface area (Å²) < 4.78 is 31.8. The zero-order valence-corrected chi connectivity index (χ0v) is 12.6. The molecule has 0 aliphatic heterocycles. The van der Waals surface area contributed by atoms with Crippen LogP contribution in [0.1, 0.15) is 11.6 Å². The Balaban J connectivity index is 2.30. The summed E-state index contributed by atoms with van der Waals surface area (Å²) in [4.78, 5) is 11.3. The Morgan fingerprint density at radius 3 is 2.18 bits per heavy atom. The normalized spacial score (nSPS) is 12.6. The second kappa shape index (κ2) is 6.59. The topological polar surface area (TPSA) is 92.7 Å². The summed E-state index contributed by atoms with van der Waals surface area (Å²) >= 11 is 0. The lowest BCUT2D eigenvalue weighted by Gasteiger charge is -2.15. The second-order valence-corrected chi connectivity index (χ2v) is 6.19. The van der Waals surface area contributed by atoms with E-state index in [1.54, 1.807) is 30.3 Å². The fraction of sp³-hybridized carbons (Fsp3) is 0.133. The molecular formula is C15H15NO5S. The van der Waals surface area contributed by atoms with Crippen LogP contribution in [0.4, 0.5) is 0 Å². The van der Waals surface area contributed by atoms with Gasteiger partial charge >= 0.3 is 5.97 Å². The van der Waals surface area contributed by atoms with E-state index in [4.69, 9.17) is 4.74 Å². The number of ether oxygens (including phenoxy) is 1. The molecule has 2 aromatic carbocycles. The van der Waals surface area contributed by atoms with Gasteiger partial charge in [0.2, 0.25) is 10.0 Å². The highest BCUT2D eigenvalue weighted by molar-refractivity contribution is 7.89. The quantitative estimate of drug-likeness (QED) is 0.846. The average Bonchev–Trinajstić information content (AvgIpc) is 2.53. The van der Waals surface area contributed by atoms with Gasteiger partial charge in [0, 0.05) is 0 Å².